The molecule has 0 spiro atoms. The third kappa shape index (κ3) is 2.34. The van der Waals surface area contributed by atoms with Crippen molar-refractivity contribution in [3.8, 4) is 0 Å². The second kappa shape index (κ2) is 2.24. The van der Waals surface area contributed by atoms with E-state index in [1.807, 2.05) is 0 Å². The fourth-order valence-corrected chi connectivity index (χ4v) is 0.333. The van der Waals surface area contributed by atoms with Gasteiger partial charge in [-0.1, -0.05) is 0 Å². The van der Waals surface area contributed by atoms with E-state index in [0.717, 1.165) is 13.8 Å². The molecule has 0 aliphatic rings. The molecule has 2 N–H and O–H groups in total. The van der Waals surface area contributed by atoms with Gasteiger partial charge in [0.25, 0.3) is 5.78 Å². The zero-order valence-electron chi connectivity index (χ0n) is 5.21. The summed E-state index contributed by atoms with van der Waals surface area (Å²) in [6, 6.07) is 0. The molecule has 9 heavy (non-hydrogen) atoms. The number of carbonyl (C=O) groups is 2. The average Bonchev–Trinajstić information content (AvgIpc) is 1.62. The molecular formula is C5H8O4. The summed E-state index contributed by atoms with van der Waals surface area (Å²) in [5.74, 6) is -4.56. The molecule has 0 fully saturated rings. The van der Waals surface area contributed by atoms with Crippen molar-refractivity contribution >= 4 is 11.6 Å². The Morgan fingerprint density at radius 2 is 1.67 bits per heavy atom. The summed E-state index contributed by atoms with van der Waals surface area (Å²) in [4.78, 5) is 20.4. The van der Waals surface area contributed by atoms with E-state index in [1.54, 1.807) is 0 Å². The highest BCUT2D eigenvalue weighted by Gasteiger charge is 2.29. The highest BCUT2D eigenvalue weighted by molar-refractivity contribution is 6.38. The molecule has 0 aliphatic carbocycles. The summed E-state index contributed by atoms with van der Waals surface area (Å²) < 4.78 is 0. The lowest BCUT2D eigenvalue weighted by Gasteiger charge is -2.10. The van der Waals surface area contributed by atoms with Crippen LogP contribution in [0, 0.1) is 0 Å². The fraction of sp³-hybridized carbons (Fsp3) is 0.600. The van der Waals surface area contributed by atoms with Crippen LogP contribution in [0.4, 0.5) is 0 Å². The Morgan fingerprint density at radius 3 is 1.67 bits per heavy atom. The van der Waals surface area contributed by atoms with Crippen LogP contribution in [0.1, 0.15) is 13.8 Å². The second-order valence-electron chi connectivity index (χ2n) is 1.91. The summed E-state index contributed by atoms with van der Waals surface area (Å²) >= 11 is 0. The third-order valence-corrected chi connectivity index (χ3v) is 0.750. The number of carbonyl (C=O) groups excluding carboxylic acids is 2. The van der Waals surface area contributed by atoms with Gasteiger partial charge in [-0.05, 0) is 6.92 Å². The van der Waals surface area contributed by atoms with E-state index in [2.05, 4.69) is 0 Å². The van der Waals surface area contributed by atoms with Crippen LogP contribution in [0.25, 0.3) is 0 Å². The minimum atomic E-state index is -2.51. The molecule has 0 atom stereocenters. The van der Waals surface area contributed by atoms with Gasteiger partial charge in [-0.15, -0.1) is 0 Å². The van der Waals surface area contributed by atoms with Gasteiger partial charge in [0.05, 0.1) is 0 Å². The number of rotatable bonds is 2. The van der Waals surface area contributed by atoms with Gasteiger partial charge in [0.15, 0.2) is 0 Å². The van der Waals surface area contributed by atoms with Gasteiger partial charge < -0.3 is 10.2 Å². The van der Waals surface area contributed by atoms with E-state index >= 15 is 0 Å². The molecule has 4 nitrogen and oxygen atoms in total. The Labute approximate surface area is 52.1 Å². The molecular weight excluding hydrogens is 124 g/mol. The number of hydrogen-bond donors (Lipinski definition) is 2. The summed E-state index contributed by atoms with van der Waals surface area (Å²) in [5, 5.41) is 16.9. The van der Waals surface area contributed by atoms with Crippen molar-refractivity contribution in [2.24, 2.45) is 0 Å². The zero-order valence-corrected chi connectivity index (χ0v) is 5.21. The molecule has 0 heterocycles. The largest absolute Gasteiger partial charge is 0.360 e. The molecule has 0 saturated heterocycles. The molecule has 4 heteroatoms. The Hall–Kier alpha value is -0.740. The van der Waals surface area contributed by atoms with Crippen molar-refractivity contribution < 1.29 is 19.8 Å². The van der Waals surface area contributed by atoms with Gasteiger partial charge >= 0.3 is 0 Å². The van der Waals surface area contributed by atoms with Gasteiger partial charge in [0.1, 0.15) is 0 Å². The zero-order chi connectivity index (χ0) is 7.65. The normalized spacial score (nSPS) is 11.1. The Kier molecular flexibility index (Phi) is 2.06. The summed E-state index contributed by atoms with van der Waals surface area (Å²) in [6.45, 7) is 1.82. The topological polar surface area (TPSA) is 74.6 Å². The maximum absolute atomic E-state index is 10.3. The van der Waals surface area contributed by atoms with Gasteiger partial charge in [0.2, 0.25) is 11.6 Å². The Balaban J connectivity index is 4.23. The molecule has 0 amide bonds. The van der Waals surface area contributed by atoms with Crippen LogP contribution >= 0.6 is 0 Å². The van der Waals surface area contributed by atoms with Gasteiger partial charge in [-0.2, -0.15) is 0 Å². The molecule has 0 aromatic carbocycles. The van der Waals surface area contributed by atoms with E-state index in [1.165, 1.54) is 0 Å². The Bertz CT molecular complexity index is 142. The first-order valence-corrected chi connectivity index (χ1v) is 2.36. The summed E-state index contributed by atoms with van der Waals surface area (Å²) in [7, 11) is 0. The predicted octanol–water partition coefficient (Wildman–Crippen LogP) is -1.15. The van der Waals surface area contributed by atoms with E-state index < -0.39 is 17.4 Å². The molecule has 0 unspecified atom stereocenters. The van der Waals surface area contributed by atoms with Crippen LogP contribution in [0.3, 0.4) is 0 Å². The van der Waals surface area contributed by atoms with Crippen LogP contribution in [-0.4, -0.2) is 27.6 Å². The highest BCUT2D eigenvalue weighted by Crippen LogP contribution is 1.98. The second-order valence-corrected chi connectivity index (χ2v) is 1.91. The van der Waals surface area contributed by atoms with Crippen molar-refractivity contribution in [2.75, 3.05) is 0 Å². The molecule has 0 aromatic rings. The monoisotopic (exact) mass is 132 g/mol. The SMILES string of the molecule is CC(=O)C(=O)C(C)(O)O. The lowest BCUT2D eigenvalue weighted by Crippen LogP contribution is -2.38. The van der Waals surface area contributed by atoms with Crippen molar-refractivity contribution in [2.45, 2.75) is 19.6 Å². The highest BCUT2D eigenvalue weighted by atomic mass is 16.5. The molecule has 0 saturated carbocycles. The number of hydrogen-bond acceptors (Lipinski definition) is 4. The first-order valence-electron chi connectivity index (χ1n) is 2.36. The molecule has 0 aliphatic heterocycles. The summed E-state index contributed by atoms with van der Waals surface area (Å²) in [5.41, 5.74) is 0. The Morgan fingerprint density at radius 1 is 1.33 bits per heavy atom. The standard InChI is InChI=1S/C5H8O4/c1-3(6)4(7)5(2,8)9/h8-9H,1-2H3. The van der Waals surface area contributed by atoms with Crippen LogP contribution < -0.4 is 0 Å². The van der Waals surface area contributed by atoms with Gasteiger partial charge in [-0.3, -0.25) is 9.59 Å². The van der Waals surface area contributed by atoms with E-state index in [4.69, 9.17) is 10.2 Å². The lowest BCUT2D eigenvalue weighted by atomic mass is 10.1. The van der Waals surface area contributed by atoms with E-state index in [0.29, 0.717) is 0 Å². The average molecular weight is 132 g/mol. The molecule has 0 rings (SSSR count). The van der Waals surface area contributed by atoms with Crippen molar-refractivity contribution in [3.63, 3.8) is 0 Å². The third-order valence-electron chi connectivity index (χ3n) is 0.750. The van der Waals surface area contributed by atoms with Crippen LogP contribution in [0.15, 0.2) is 0 Å². The minimum absolute atomic E-state index is 0.844. The van der Waals surface area contributed by atoms with Crippen molar-refractivity contribution in [1.29, 1.82) is 0 Å². The summed E-state index contributed by atoms with van der Waals surface area (Å²) in [6.07, 6.45) is 0. The van der Waals surface area contributed by atoms with Crippen LogP contribution in [0.2, 0.25) is 0 Å². The number of ketones is 2. The number of aliphatic hydroxyl groups is 2. The van der Waals surface area contributed by atoms with Gasteiger partial charge in [-0.25, -0.2) is 0 Å². The quantitative estimate of drug-likeness (QED) is 0.367. The van der Waals surface area contributed by atoms with Gasteiger partial charge in [0, 0.05) is 6.92 Å². The first-order chi connectivity index (χ1) is 3.85. The smallest absolute Gasteiger partial charge is 0.256 e. The van der Waals surface area contributed by atoms with Crippen LogP contribution in [0.5, 0.6) is 0 Å². The fourth-order valence-electron chi connectivity index (χ4n) is 0.333. The molecule has 52 valence electrons. The molecule has 0 radical (unpaired) electrons. The predicted molar refractivity (Wildman–Crippen MR) is 28.5 cm³/mol. The molecule has 0 aromatic heterocycles. The van der Waals surface area contributed by atoms with Crippen molar-refractivity contribution in [3.05, 3.63) is 0 Å². The minimum Gasteiger partial charge on any atom is -0.360 e. The van der Waals surface area contributed by atoms with Crippen LogP contribution in [-0.2, 0) is 9.59 Å². The van der Waals surface area contributed by atoms with E-state index in [-0.39, 0.29) is 0 Å². The maximum atomic E-state index is 10.3. The number of Topliss-reactive ketones (excluding diaryl/α,β-unsaturated/α-hetero) is 2. The lowest BCUT2D eigenvalue weighted by molar-refractivity contribution is -0.177. The van der Waals surface area contributed by atoms with Crippen molar-refractivity contribution in [1.82, 2.24) is 0 Å². The molecule has 0 bridgehead atoms. The van der Waals surface area contributed by atoms with E-state index in [9.17, 15) is 9.59 Å². The maximum Gasteiger partial charge on any atom is 0.256 e. The first kappa shape index (κ1) is 8.26.